The number of carbonyl (C=O) groups excluding carboxylic acids is 1. The summed E-state index contributed by atoms with van der Waals surface area (Å²) in [6.07, 6.45) is 2.11. The molecular weight excluding hydrogens is 292 g/mol. The summed E-state index contributed by atoms with van der Waals surface area (Å²) >= 11 is 0. The Balaban J connectivity index is 2.27. The van der Waals surface area contributed by atoms with Gasteiger partial charge in [-0.3, -0.25) is 9.48 Å². The Labute approximate surface area is 122 Å². The van der Waals surface area contributed by atoms with Crippen LogP contribution in [0.15, 0.2) is 35.4 Å². The molecule has 0 atom stereocenters. The molecule has 7 nitrogen and oxygen atoms in total. The van der Waals surface area contributed by atoms with Gasteiger partial charge in [-0.25, -0.2) is 13.6 Å². The third-order valence-electron chi connectivity index (χ3n) is 2.96. The summed E-state index contributed by atoms with van der Waals surface area (Å²) in [5, 5.41) is 11.5. The molecule has 0 radical (unpaired) electrons. The molecule has 2 rings (SSSR count). The first-order valence-corrected chi connectivity index (χ1v) is 7.82. The molecule has 21 heavy (non-hydrogen) atoms. The van der Waals surface area contributed by atoms with Crippen LogP contribution in [0.2, 0.25) is 0 Å². The van der Waals surface area contributed by atoms with Crippen LogP contribution in [0.5, 0.6) is 0 Å². The molecule has 112 valence electrons. The van der Waals surface area contributed by atoms with Crippen molar-refractivity contribution in [2.24, 2.45) is 12.2 Å². The molecule has 8 heteroatoms. The van der Waals surface area contributed by atoms with Gasteiger partial charge in [-0.15, -0.1) is 0 Å². The van der Waals surface area contributed by atoms with Gasteiger partial charge in [-0.1, -0.05) is 19.1 Å². The van der Waals surface area contributed by atoms with Crippen LogP contribution in [0.1, 0.15) is 22.8 Å². The Bertz CT molecular complexity index is 763. The smallest absolute Gasteiger partial charge is 0.256 e. The molecule has 1 amide bonds. The van der Waals surface area contributed by atoms with Gasteiger partial charge >= 0.3 is 0 Å². The predicted molar refractivity (Wildman–Crippen MR) is 78.4 cm³/mol. The summed E-state index contributed by atoms with van der Waals surface area (Å²) < 4.78 is 24.2. The van der Waals surface area contributed by atoms with Gasteiger partial charge in [0.1, 0.15) is 4.90 Å². The van der Waals surface area contributed by atoms with Crippen molar-refractivity contribution in [3.05, 3.63) is 41.6 Å². The Hall–Kier alpha value is -2.19. The van der Waals surface area contributed by atoms with Crippen molar-refractivity contribution < 1.29 is 13.2 Å². The Morgan fingerprint density at radius 2 is 1.95 bits per heavy atom. The molecular formula is C13H16N4O3S. The largest absolute Gasteiger partial charge is 0.304 e. The van der Waals surface area contributed by atoms with Gasteiger partial charge in [0.2, 0.25) is 10.0 Å². The molecule has 0 saturated carbocycles. The molecule has 0 aliphatic carbocycles. The highest BCUT2D eigenvalue weighted by molar-refractivity contribution is 7.89. The molecule has 0 bridgehead atoms. The molecule has 0 spiro atoms. The molecule has 2 aromatic rings. The number of amides is 1. The van der Waals surface area contributed by atoms with Crippen LogP contribution in [0.25, 0.3) is 0 Å². The number of nitrogens with two attached hydrogens (primary N) is 1. The monoisotopic (exact) mass is 308 g/mol. The number of aryl methyl sites for hydroxylation is 2. The zero-order valence-corrected chi connectivity index (χ0v) is 12.5. The second-order valence-corrected chi connectivity index (χ2v) is 6.10. The average molecular weight is 308 g/mol. The Kier molecular flexibility index (Phi) is 4.10. The number of anilines is 1. The standard InChI is InChI=1S/C13H16N4O3S/c1-3-9-4-6-10(7-5-9)13(18)15-12-11(21(14,19)20)8-17(2)16-12/h4-8H,3H2,1-2H3,(H2,14,19,20)(H,15,16,18). The molecule has 1 heterocycles. The zero-order chi connectivity index (χ0) is 15.6. The Morgan fingerprint density at radius 3 is 2.48 bits per heavy atom. The number of benzene rings is 1. The maximum Gasteiger partial charge on any atom is 0.256 e. The maximum atomic E-state index is 12.1. The van der Waals surface area contributed by atoms with Gasteiger partial charge in [-0.2, -0.15) is 5.10 Å². The van der Waals surface area contributed by atoms with Gasteiger partial charge in [0, 0.05) is 18.8 Å². The van der Waals surface area contributed by atoms with Crippen LogP contribution in [-0.2, 0) is 23.5 Å². The fourth-order valence-corrected chi connectivity index (χ4v) is 2.49. The quantitative estimate of drug-likeness (QED) is 0.874. The summed E-state index contributed by atoms with van der Waals surface area (Å²) in [7, 11) is -2.41. The summed E-state index contributed by atoms with van der Waals surface area (Å²) in [5.41, 5.74) is 1.52. The van der Waals surface area contributed by atoms with E-state index in [1.54, 1.807) is 19.2 Å². The van der Waals surface area contributed by atoms with E-state index in [0.29, 0.717) is 5.56 Å². The highest BCUT2D eigenvalue weighted by atomic mass is 32.2. The number of primary sulfonamides is 1. The van der Waals surface area contributed by atoms with Crippen molar-refractivity contribution in [1.29, 1.82) is 0 Å². The van der Waals surface area contributed by atoms with E-state index in [2.05, 4.69) is 10.4 Å². The topological polar surface area (TPSA) is 107 Å². The number of rotatable bonds is 4. The van der Waals surface area contributed by atoms with Crippen LogP contribution in [0, 0.1) is 0 Å². The maximum absolute atomic E-state index is 12.1. The third-order valence-corrected chi connectivity index (χ3v) is 3.87. The van der Waals surface area contributed by atoms with Crippen LogP contribution < -0.4 is 10.5 Å². The number of sulfonamides is 1. The Morgan fingerprint density at radius 1 is 1.33 bits per heavy atom. The van der Waals surface area contributed by atoms with Gasteiger partial charge in [0.05, 0.1) is 0 Å². The minimum absolute atomic E-state index is 0.0791. The van der Waals surface area contributed by atoms with E-state index in [-0.39, 0.29) is 10.7 Å². The van der Waals surface area contributed by atoms with E-state index in [4.69, 9.17) is 5.14 Å². The number of nitrogens with zero attached hydrogens (tertiary/aromatic N) is 2. The van der Waals surface area contributed by atoms with E-state index in [9.17, 15) is 13.2 Å². The lowest BCUT2D eigenvalue weighted by molar-refractivity contribution is 0.102. The van der Waals surface area contributed by atoms with Crippen molar-refractivity contribution in [2.75, 3.05) is 5.32 Å². The normalized spacial score (nSPS) is 11.4. The number of aromatic nitrogens is 2. The minimum atomic E-state index is -3.95. The summed E-state index contributed by atoms with van der Waals surface area (Å²) in [6.45, 7) is 2.02. The van der Waals surface area contributed by atoms with Gasteiger partial charge in [0.25, 0.3) is 5.91 Å². The van der Waals surface area contributed by atoms with E-state index in [1.807, 2.05) is 19.1 Å². The number of nitrogens with one attached hydrogen (secondary N) is 1. The van der Waals surface area contributed by atoms with Crippen LogP contribution in [0.3, 0.4) is 0 Å². The van der Waals surface area contributed by atoms with E-state index < -0.39 is 15.9 Å². The second kappa shape index (κ2) is 5.66. The fourth-order valence-electron chi connectivity index (χ4n) is 1.83. The molecule has 0 aliphatic heterocycles. The number of hydrogen-bond donors (Lipinski definition) is 2. The molecule has 0 aliphatic rings. The van der Waals surface area contributed by atoms with Gasteiger partial charge in [-0.05, 0) is 24.1 Å². The summed E-state index contributed by atoms with van der Waals surface area (Å²) in [6, 6.07) is 7.03. The van der Waals surface area contributed by atoms with Gasteiger partial charge in [0.15, 0.2) is 5.82 Å². The first-order valence-electron chi connectivity index (χ1n) is 6.28. The lowest BCUT2D eigenvalue weighted by atomic mass is 10.1. The second-order valence-electron chi connectivity index (χ2n) is 4.57. The van der Waals surface area contributed by atoms with E-state index in [0.717, 1.165) is 12.0 Å². The molecule has 1 aromatic carbocycles. The minimum Gasteiger partial charge on any atom is -0.304 e. The lowest BCUT2D eigenvalue weighted by Gasteiger charge is -2.04. The average Bonchev–Trinajstić information content (AvgIpc) is 2.79. The SMILES string of the molecule is CCc1ccc(C(=O)Nc2nn(C)cc2S(N)(=O)=O)cc1. The van der Waals surface area contributed by atoms with E-state index in [1.165, 1.54) is 10.9 Å². The summed E-state index contributed by atoms with van der Waals surface area (Å²) in [5.74, 6) is -0.522. The van der Waals surface area contributed by atoms with Crippen molar-refractivity contribution in [3.8, 4) is 0 Å². The molecule has 3 N–H and O–H groups in total. The van der Waals surface area contributed by atoms with Crippen LogP contribution in [0.4, 0.5) is 5.82 Å². The zero-order valence-electron chi connectivity index (χ0n) is 11.7. The van der Waals surface area contributed by atoms with Crippen molar-refractivity contribution in [1.82, 2.24) is 9.78 Å². The highest BCUT2D eigenvalue weighted by Gasteiger charge is 2.20. The van der Waals surface area contributed by atoms with Gasteiger partial charge < -0.3 is 5.32 Å². The molecule has 0 saturated heterocycles. The fraction of sp³-hybridized carbons (Fsp3) is 0.231. The van der Waals surface area contributed by atoms with Crippen LogP contribution >= 0.6 is 0 Å². The first kappa shape index (κ1) is 15.2. The van der Waals surface area contributed by atoms with Crippen molar-refractivity contribution in [3.63, 3.8) is 0 Å². The highest BCUT2D eigenvalue weighted by Crippen LogP contribution is 2.18. The third kappa shape index (κ3) is 3.47. The molecule has 0 unspecified atom stereocenters. The summed E-state index contributed by atoms with van der Waals surface area (Å²) in [4.78, 5) is 11.9. The number of carbonyl (C=O) groups is 1. The molecule has 0 fully saturated rings. The van der Waals surface area contributed by atoms with Crippen LogP contribution in [-0.4, -0.2) is 24.1 Å². The van der Waals surface area contributed by atoms with Crippen molar-refractivity contribution in [2.45, 2.75) is 18.2 Å². The van der Waals surface area contributed by atoms with Crippen molar-refractivity contribution >= 4 is 21.7 Å². The lowest BCUT2D eigenvalue weighted by Crippen LogP contribution is -2.17. The first-order chi connectivity index (χ1) is 9.81. The van der Waals surface area contributed by atoms with E-state index >= 15 is 0 Å². The number of hydrogen-bond acceptors (Lipinski definition) is 4. The molecule has 1 aromatic heterocycles. The predicted octanol–water partition coefficient (Wildman–Crippen LogP) is 0.882.